The molecule has 1 aromatic carbocycles. The van der Waals surface area contributed by atoms with Crippen LogP contribution in [0.25, 0.3) is 0 Å². The molecule has 0 aliphatic heterocycles. The Morgan fingerprint density at radius 2 is 2.35 bits per heavy atom. The lowest BCUT2D eigenvalue weighted by Crippen LogP contribution is -2.37. The summed E-state index contributed by atoms with van der Waals surface area (Å²) >= 11 is 5.89. The SMILES string of the molecule is CC(CNC(=O)C1CCC(N)C1)Oc1cccc(Cl)c1. The van der Waals surface area contributed by atoms with Crippen molar-refractivity contribution in [3.8, 4) is 5.75 Å². The maximum Gasteiger partial charge on any atom is 0.223 e. The van der Waals surface area contributed by atoms with E-state index in [1.807, 2.05) is 19.1 Å². The summed E-state index contributed by atoms with van der Waals surface area (Å²) in [7, 11) is 0. The molecule has 0 aromatic heterocycles. The average molecular weight is 297 g/mol. The molecule has 0 heterocycles. The highest BCUT2D eigenvalue weighted by atomic mass is 35.5. The summed E-state index contributed by atoms with van der Waals surface area (Å²) in [5, 5.41) is 3.56. The van der Waals surface area contributed by atoms with Crippen LogP contribution in [0.4, 0.5) is 0 Å². The van der Waals surface area contributed by atoms with E-state index < -0.39 is 0 Å². The molecule has 110 valence electrons. The standard InChI is InChI=1S/C15H21ClN2O2/c1-10(20-14-4-2-3-12(16)8-14)9-18-15(19)11-5-6-13(17)7-11/h2-4,8,10-11,13H,5-7,9,17H2,1H3,(H,18,19). The van der Waals surface area contributed by atoms with Gasteiger partial charge in [0.15, 0.2) is 0 Å². The number of hydrogen-bond donors (Lipinski definition) is 2. The Kier molecular flexibility index (Phi) is 5.26. The molecule has 1 aliphatic rings. The Morgan fingerprint density at radius 1 is 1.55 bits per heavy atom. The smallest absolute Gasteiger partial charge is 0.223 e. The van der Waals surface area contributed by atoms with Crippen LogP contribution in [0.2, 0.25) is 5.02 Å². The van der Waals surface area contributed by atoms with Gasteiger partial charge in [-0.3, -0.25) is 4.79 Å². The Labute approximate surface area is 124 Å². The maximum atomic E-state index is 12.0. The molecule has 1 amide bonds. The molecule has 0 radical (unpaired) electrons. The van der Waals surface area contributed by atoms with Crippen molar-refractivity contribution in [1.82, 2.24) is 5.32 Å². The average Bonchev–Trinajstić information content (AvgIpc) is 2.83. The number of ether oxygens (including phenoxy) is 1. The second kappa shape index (κ2) is 6.95. The van der Waals surface area contributed by atoms with Gasteiger partial charge in [-0.25, -0.2) is 0 Å². The Hall–Kier alpha value is -1.26. The molecule has 3 atom stereocenters. The third-order valence-electron chi connectivity index (χ3n) is 3.54. The predicted molar refractivity (Wildman–Crippen MR) is 79.9 cm³/mol. The molecule has 5 heteroatoms. The van der Waals surface area contributed by atoms with E-state index in [-0.39, 0.29) is 24.0 Å². The van der Waals surface area contributed by atoms with Crippen molar-refractivity contribution in [1.29, 1.82) is 0 Å². The highest BCUT2D eigenvalue weighted by molar-refractivity contribution is 6.30. The summed E-state index contributed by atoms with van der Waals surface area (Å²) in [6.45, 7) is 2.40. The monoisotopic (exact) mass is 296 g/mol. The van der Waals surface area contributed by atoms with E-state index in [1.165, 1.54) is 0 Å². The first-order valence-electron chi connectivity index (χ1n) is 7.00. The van der Waals surface area contributed by atoms with Crippen LogP contribution in [0, 0.1) is 5.92 Å². The number of amides is 1. The van der Waals surface area contributed by atoms with Crippen molar-refractivity contribution < 1.29 is 9.53 Å². The minimum Gasteiger partial charge on any atom is -0.489 e. The van der Waals surface area contributed by atoms with Crippen LogP contribution in [0.5, 0.6) is 5.75 Å². The van der Waals surface area contributed by atoms with Crippen LogP contribution in [0.15, 0.2) is 24.3 Å². The molecule has 0 saturated heterocycles. The van der Waals surface area contributed by atoms with Gasteiger partial charge in [0, 0.05) is 17.0 Å². The summed E-state index contributed by atoms with van der Waals surface area (Å²) in [5.41, 5.74) is 5.82. The fourth-order valence-electron chi connectivity index (χ4n) is 2.46. The number of nitrogens with one attached hydrogen (secondary N) is 1. The second-order valence-electron chi connectivity index (χ2n) is 5.40. The molecule has 1 aliphatic carbocycles. The van der Waals surface area contributed by atoms with Crippen LogP contribution in [0.1, 0.15) is 26.2 Å². The first-order valence-corrected chi connectivity index (χ1v) is 7.38. The van der Waals surface area contributed by atoms with Gasteiger partial charge in [-0.15, -0.1) is 0 Å². The molecule has 1 fully saturated rings. The van der Waals surface area contributed by atoms with Gasteiger partial charge < -0.3 is 15.8 Å². The molecular weight excluding hydrogens is 276 g/mol. The number of carbonyl (C=O) groups is 1. The fraction of sp³-hybridized carbons (Fsp3) is 0.533. The van der Waals surface area contributed by atoms with Gasteiger partial charge in [0.25, 0.3) is 0 Å². The van der Waals surface area contributed by atoms with E-state index in [1.54, 1.807) is 12.1 Å². The lowest BCUT2D eigenvalue weighted by molar-refractivity contribution is -0.125. The van der Waals surface area contributed by atoms with Crippen molar-refractivity contribution in [2.75, 3.05) is 6.54 Å². The van der Waals surface area contributed by atoms with Gasteiger partial charge in [0.2, 0.25) is 5.91 Å². The van der Waals surface area contributed by atoms with Gasteiger partial charge in [-0.05, 0) is 44.4 Å². The van der Waals surface area contributed by atoms with Crippen LogP contribution in [-0.4, -0.2) is 24.6 Å². The second-order valence-corrected chi connectivity index (χ2v) is 5.84. The topological polar surface area (TPSA) is 64.4 Å². The number of rotatable bonds is 5. The number of carbonyl (C=O) groups excluding carboxylic acids is 1. The third kappa shape index (κ3) is 4.39. The highest BCUT2D eigenvalue weighted by Crippen LogP contribution is 2.24. The van der Waals surface area contributed by atoms with Crippen LogP contribution in [-0.2, 0) is 4.79 Å². The van der Waals surface area contributed by atoms with Crippen molar-refractivity contribution in [2.24, 2.45) is 11.7 Å². The number of halogens is 1. The van der Waals surface area contributed by atoms with Gasteiger partial charge >= 0.3 is 0 Å². The summed E-state index contributed by atoms with van der Waals surface area (Å²) in [5.74, 6) is 0.852. The van der Waals surface area contributed by atoms with E-state index in [2.05, 4.69) is 5.32 Å². The van der Waals surface area contributed by atoms with E-state index in [0.29, 0.717) is 17.3 Å². The maximum absolute atomic E-state index is 12.0. The minimum atomic E-state index is -0.104. The van der Waals surface area contributed by atoms with Crippen molar-refractivity contribution in [3.63, 3.8) is 0 Å². The summed E-state index contributed by atoms with van der Waals surface area (Å²) in [6, 6.07) is 7.41. The van der Waals surface area contributed by atoms with Crippen molar-refractivity contribution >= 4 is 17.5 Å². The molecule has 20 heavy (non-hydrogen) atoms. The zero-order chi connectivity index (χ0) is 14.5. The van der Waals surface area contributed by atoms with Gasteiger partial charge in [-0.2, -0.15) is 0 Å². The third-order valence-corrected chi connectivity index (χ3v) is 3.78. The normalized spacial score (nSPS) is 23.4. The van der Waals surface area contributed by atoms with E-state index in [9.17, 15) is 4.79 Å². The zero-order valence-corrected chi connectivity index (χ0v) is 12.4. The quantitative estimate of drug-likeness (QED) is 0.876. The number of nitrogens with two attached hydrogens (primary N) is 1. The molecule has 2 rings (SSSR count). The molecule has 3 unspecified atom stereocenters. The first-order chi connectivity index (χ1) is 9.54. The lowest BCUT2D eigenvalue weighted by Gasteiger charge is -2.17. The van der Waals surface area contributed by atoms with E-state index in [0.717, 1.165) is 19.3 Å². The van der Waals surface area contributed by atoms with Gasteiger partial charge in [-0.1, -0.05) is 17.7 Å². The zero-order valence-electron chi connectivity index (χ0n) is 11.6. The molecular formula is C15H21ClN2O2. The molecule has 3 N–H and O–H groups in total. The van der Waals surface area contributed by atoms with Crippen LogP contribution < -0.4 is 15.8 Å². The minimum absolute atomic E-state index is 0.0587. The molecule has 0 bridgehead atoms. The predicted octanol–water partition coefficient (Wildman–Crippen LogP) is 2.35. The van der Waals surface area contributed by atoms with Crippen molar-refractivity contribution in [2.45, 2.75) is 38.3 Å². The number of benzene rings is 1. The van der Waals surface area contributed by atoms with Gasteiger partial charge in [0.05, 0.1) is 6.54 Å². The molecule has 1 aromatic rings. The van der Waals surface area contributed by atoms with Crippen LogP contribution >= 0.6 is 11.6 Å². The number of hydrogen-bond acceptors (Lipinski definition) is 3. The lowest BCUT2D eigenvalue weighted by atomic mass is 10.1. The first kappa shape index (κ1) is 15.1. The van der Waals surface area contributed by atoms with Gasteiger partial charge in [0.1, 0.15) is 11.9 Å². The van der Waals surface area contributed by atoms with E-state index >= 15 is 0 Å². The molecule has 4 nitrogen and oxygen atoms in total. The Balaban J connectivity index is 1.75. The van der Waals surface area contributed by atoms with Crippen molar-refractivity contribution in [3.05, 3.63) is 29.3 Å². The summed E-state index contributed by atoms with van der Waals surface area (Å²) in [6.07, 6.45) is 2.51. The summed E-state index contributed by atoms with van der Waals surface area (Å²) < 4.78 is 5.71. The Bertz CT molecular complexity index is 467. The molecule has 1 saturated carbocycles. The van der Waals surface area contributed by atoms with E-state index in [4.69, 9.17) is 22.1 Å². The highest BCUT2D eigenvalue weighted by Gasteiger charge is 2.27. The Morgan fingerprint density at radius 3 is 3.00 bits per heavy atom. The fourth-order valence-corrected chi connectivity index (χ4v) is 2.64. The van der Waals surface area contributed by atoms with Crippen LogP contribution in [0.3, 0.4) is 0 Å². The largest absolute Gasteiger partial charge is 0.489 e. The summed E-state index contributed by atoms with van der Waals surface area (Å²) in [4.78, 5) is 12.0. The molecule has 0 spiro atoms.